The summed E-state index contributed by atoms with van der Waals surface area (Å²) in [6, 6.07) is 11.1. The first kappa shape index (κ1) is 13.5. The van der Waals surface area contributed by atoms with E-state index in [1.807, 2.05) is 6.07 Å². The molecule has 0 bridgehead atoms. The summed E-state index contributed by atoms with van der Waals surface area (Å²) in [5.41, 5.74) is 1.34. The summed E-state index contributed by atoms with van der Waals surface area (Å²) in [6.45, 7) is 1.81. The van der Waals surface area contributed by atoms with Gasteiger partial charge in [-0.25, -0.2) is 0 Å². The van der Waals surface area contributed by atoms with Crippen molar-refractivity contribution in [1.82, 2.24) is 5.32 Å². The van der Waals surface area contributed by atoms with Gasteiger partial charge in [-0.15, -0.1) is 0 Å². The Labute approximate surface area is 109 Å². The lowest BCUT2D eigenvalue weighted by Gasteiger charge is -2.11. The van der Waals surface area contributed by atoms with Crippen LogP contribution >= 0.6 is 0 Å². The maximum absolute atomic E-state index is 9.65. The number of hydrogen-bond donors (Lipinski definition) is 2. The summed E-state index contributed by atoms with van der Waals surface area (Å²) >= 11 is 0. The van der Waals surface area contributed by atoms with E-state index in [1.165, 1.54) is 18.4 Å². The topological polar surface area (TPSA) is 41.5 Å². The lowest BCUT2D eigenvalue weighted by molar-refractivity contribution is 0.0360. The molecule has 1 aromatic rings. The number of ether oxygens (including phenoxy) is 1. The number of rotatable bonds is 9. The predicted molar refractivity (Wildman–Crippen MR) is 72.6 cm³/mol. The second-order valence-corrected chi connectivity index (χ2v) is 5.00. The highest BCUT2D eigenvalue weighted by atomic mass is 16.5. The van der Waals surface area contributed by atoms with Crippen LogP contribution in [0.4, 0.5) is 0 Å². The zero-order valence-corrected chi connectivity index (χ0v) is 10.8. The number of aliphatic hydroxyl groups excluding tert-OH is 1. The second kappa shape index (κ2) is 7.52. The first-order chi connectivity index (χ1) is 8.84. The molecule has 2 rings (SSSR count). The van der Waals surface area contributed by atoms with Gasteiger partial charge in [-0.2, -0.15) is 0 Å². The van der Waals surface area contributed by atoms with E-state index in [0.29, 0.717) is 19.2 Å². The Hall–Kier alpha value is -0.900. The fraction of sp³-hybridized carbons (Fsp3) is 0.600. The predicted octanol–water partition coefficient (Wildman–Crippen LogP) is 1.75. The summed E-state index contributed by atoms with van der Waals surface area (Å²) in [5, 5.41) is 12.9. The molecule has 0 aromatic heterocycles. The summed E-state index contributed by atoms with van der Waals surface area (Å²) in [7, 11) is 0. The lowest BCUT2D eigenvalue weighted by atomic mass is 10.1. The summed E-state index contributed by atoms with van der Waals surface area (Å²) < 4.78 is 5.48. The monoisotopic (exact) mass is 249 g/mol. The zero-order valence-electron chi connectivity index (χ0n) is 10.8. The Morgan fingerprint density at radius 3 is 2.78 bits per heavy atom. The smallest absolute Gasteiger partial charge is 0.0897 e. The molecular weight excluding hydrogens is 226 g/mol. The molecule has 1 aliphatic carbocycles. The molecule has 1 saturated carbocycles. The molecule has 0 radical (unpaired) electrons. The Bertz CT molecular complexity index is 325. The van der Waals surface area contributed by atoms with Crippen molar-refractivity contribution >= 4 is 0 Å². The van der Waals surface area contributed by atoms with E-state index < -0.39 is 0 Å². The molecule has 1 unspecified atom stereocenters. The molecule has 1 aliphatic rings. The third kappa shape index (κ3) is 5.63. The van der Waals surface area contributed by atoms with Crippen molar-refractivity contribution in [2.45, 2.75) is 37.8 Å². The van der Waals surface area contributed by atoms with Gasteiger partial charge in [-0.05, 0) is 31.2 Å². The molecule has 18 heavy (non-hydrogen) atoms. The van der Waals surface area contributed by atoms with Crippen LogP contribution in [0, 0.1) is 0 Å². The minimum Gasteiger partial charge on any atom is -0.389 e. The molecule has 2 N–H and O–H groups in total. The average molecular weight is 249 g/mol. The van der Waals surface area contributed by atoms with Gasteiger partial charge < -0.3 is 15.2 Å². The van der Waals surface area contributed by atoms with Crippen LogP contribution in [0.15, 0.2) is 30.3 Å². The van der Waals surface area contributed by atoms with Crippen molar-refractivity contribution in [3.05, 3.63) is 35.9 Å². The lowest BCUT2D eigenvalue weighted by Crippen LogP contribution is -2.31. The van der Waals surface area contributed by atoms with E-state index >= 15 is 0 Å². The van der Waals surface area contributed by atoms with Crippen molar-refractivity contribution in [3.63, 3.8) is 0 Å². The number of aryl methyl sites for hydroxylation is 1. The largest absolute Gasteiger partial charge is 0.389 e. The van der Waals surface area contributed by atoms with Crippen LogP contribution in [0.5, 0.6) is 0 Å². The molecular formula is C15H23NO2. The van der Waals surface area contributed by atoms with E-state index in [2.05, 4.69) is 29.6 Å². The molecule has 0 saturated heterocycles. The summed E-state index contributed by atoms with van der Waals surface area (Å²) in [4.78, 5) is 0. The van der Waals surface area contributed by atoms with Gasteiger partial charge in [-0.1, -0.05) is 30.3 Å². The number of benzene rings is 1. The molecule has 0 heterocycles. The van der Waals surface area contributed by atoms with Gasteiger partial charge in [-0.3, -0.25) is 0 Å². The van der Waals surface area contributed by atoms with Gasteiger partial charge in [0, 0.05) is 19.2 Å². The number of hydrogen-bond acceptors (Lipinski definition) is 3. The number of nitrogens with one attached hydrogen (secondary N) is 1. The zero-order chi connectivity index (χ0) is 12.6. The van der Waals surface area contributed by atoms with E-state index in [9.17, 15) is 5.11 Å². The molecule has 3 nitrogen and oxygen atoms in total. The highest BCUT2D eigenvalue weighted by molar-refractivity contribution is 5.14. The summed E-state index contributed by atoms with van der Waals surface area (Å²) in [5.74, 6) is 0. The van der Waals surface area contributed by atoms with Crippen LogP contribution in [-0.2, 0) is 11.2 Å². The van der Waals surface area contributed by atoms with Crippen LogP contribution in [-0.4, -0.2) is 37.0 Å². The van der Waals surface area contributed by atoms with Crippen molar-refractivity contribution in [1.29, 1.82) is 0 Å². The Morgan fingerprint density at radius 2 is 2.06 bits per heavy atom. The van der Waals surface area contributed by atoms with Gasteiger partial charge in [0.25, 0.3) is 0 Å². The van der Waals surface area contributed by atoms with Gasteiger partial charge >= 0.3 is 0 Å². The van der Waals surface area contributed by atoms with Crippen molar-refractivity contribution < 1.29 is 9.84 Å². The molecule has 0 aliphatic heterocycles. The Kier molecular flexibility index (Phi) is 5.65. The molecule has 1 aromatic carbocycles. The minimum absolute atomic E-state index is 0.373. The van der Waals surface area contributed by atoms with Crippen molar-refractivity contribution in [2.24, 2.45) is 0 Å². The Balaban J connectivity index is 1.45. The van der Waals surface area contributed by atoms with Gasteiger partial charge in [0.1, 0.15) is 0 Å². The van der Waals surface area contributed by atoms with Gasteiger partial charge in [0.05, 0.1) is 12.7 Å². The normalized spacial score (nSPS) is 16.7. The molecule has 3 heteroatoms. The SMILES string of the molecule is OC(CNC1CC1)COCCCc1ccccc1. The average Bonchev–Trinajstić information content (AvgIpc) is 3.21. The molecule has 0 spiro atoms. The van der Waals surface area contributed by atoms with E-state index in [4.69, 9.17) is 4.74 Å². The Morgan fingerprint density at radius 1 is 1.28 bits per heavy atom. The first-order valence-corrected chi connectivity index (χ1v) is 6.88. The highest BCUT2D eigenvalue weighted by Gasteiger charge is 2.21. The molecule has 100 valence electrons. The van der Waals surface area contributed by atoms with Gasteiger partial charge in [0.2, 0.25) is 0 Å². The van der Waals surface area contributed by atoms with Gasteiger partial charge in [0.15, 0.2) is 0 Å². The third-order valence-electron chi connectivity index (χ3n) is 3.13. The van der Waals surface area contributed by atoms with Crippen molar-refractivity contribution in [3.8, 4) is 0 Å². The van der Waals surface area contributed by atoms with Crippen LogP contribution in [0.3, 0.4) is 0 Å². The van der Waals surface area contributed by atoms with Crippen LogP contribution in [0.25, 0.3) is 0 Å². The summed E-state index contributed by atoms with van der Waals surface area (Å²) in [6.07, 6.45) is 4.18. The minimum atomic E-state index is -0.373. The fourth-order valence-corrected chi connectivity index (χ4v) is 1.89. The maximum atomic E-state index is 9.65. The highest BCUT2D eigenvalue weighted by Crippen LogP contribution is 2.18. The van der Waals surface area contributed by atoms with Crippen LogP contribution in [0.2, 0.25) is 0 Å². The first-order valence-electron chi connectivity index (χ1n) is 6.88. The molecule has 1 fully saturated rings. The fourth-order valence-electron chi connectivity index (χ4n) is 1.89. The number of aliphatic hydroxyl groups is 1. The second-order valence-electron chi connectivity index (χ2n) is 5.00. The van der Waals surface area contributed by atoms with E-state index in [0.717, 1.165) is 19.4 Å². The third-order valence-corrected chi connectivity index (χ3v) is 3.13. The van der Waals surface area contributed by atoms with Crippen LogP contribution in [0.1, 0.15) is 24.8 Å². The quantitative estimate of drug-likeness (QED) is 0.655. The van der Waals surface area contributed by atoms with E-state index in [1.54, 1.807) is 0 Å². The van der Waals surface area contributed by atoms with E-state index in [-0.39, 0.29) is 6.10 Å². The van der Waals surface area contributed by atoms with Crippen molar-refractivity contribution in [2.75, 3.05) is 19.8 Å². The standard InChI is InChI=1S/C15H23NO2/c17-15(11-16-14-8-9-14)12-18-10-4-7-13-5-2-1-3-6-13/h1-3,5-6,14-17H,4,7-12H2. The van der Waals surface area contributed by atoms with Crippen LogP contribution < -0.4 is 5.32 Å². The molecule has 0 amide bonds. The molecule has 1 atom stereocenters. The maximum Gasteiger partial charge on any atom is 0.0897 e.